The molecule has 0 unspecified atom stereocenters. The van der Waals surface area contributed by atoms with Crippen LogP contribution in [0.3, 0.4) is 0 Å². The van der Waals surface area contributed by atoms with Crippen molar-refractivity contribution in [3.05, 3.63) is 77.9 Å². The molecular formula is C25H35N3O+2. The minimum atomic E-state index is 0.188. The van der Waals surface area contributed by atoms with Crippen molar-refractivity contribution in [1.29, 1.82) is 0 Å². The van der Waals surface area contributed by atoms with E-state index >= 15 is 0 Å². The largest absolute Gasteiger partial charge is 0.349 e. The van der Waals surface area contributed by atoms with Crippen molar-refractivity contribution >= 4 is 12.0 Å². The Morgan fingerprint density at radius 1 is 0.966 bits per heavy atom. The molecule has 1 amide bonds. The van der Waals surface area contributed by atoms with E-state index in [0.29, 0.717) is 6.54 Å². The number of carbonyl (C=O) groups excluding carboxylic acids is 1. The predicted octanol–water partition coefficient (Wildman–Crippen LogP) is 0.621. The first kappa shape index (κ1) is 21.3. The molecule has 1 fully saturated rings. The van der Waals surface area contributed by atoms with Crippen molar-refractivity contribution in [2.45, 2.75) is 25.8 Å². The molecule has 0 aliphatic carbocycles. The molecular weight excluding hydrogens is 358 g/mol. The lowest BCUT2D eigenvalue weighted by atomic mass is 10.1. The summed E-state index contributed by atoms with van der Waals surface area (Å²) in [5, 5.41) is 3.18. The second-order valence-corrected chi connectivity index (χ2v) is 8.19. The molecule has 2 aromatic carbocycles. The highest BCUT2D eigenvalue weighted by Gasteiger charge is 2.24. The average molecular weight is 394 g/mol. The van der Waals surface area contributed by atoms with Gasteiger partial charge < -0.3 is 15.1 Å². The van der Waals surface area contributed by atoms with Crippen molar-refractivity contribution in [3.63, 3.8) is 0 Å². The Morgan fingerprint density at radius 2 is 1.59 bits per heavy atom. The molecule has 1 atom stereocenters. The first-order valence-corrected chi connectivity index (χ1v) is 10.9. The molecule has 4 nitrogen and oxygen atoms in total. The molecule has 29 heavy (non-hydrogen) atoms. The van der Waals surface area contributed by atoms with Gasteiger partial charge in [0.2, 0.25) is 0 Å². The maximum absolute atomic E-state index is 12.4. The minimum absolute atomic E-state index is 0.188. The minimum Gasteiger partial charge on any atom is -0.349 e. The predicted molar refractivity (Wildman–Crippen MR) is 119 cm³/mol. The number of rotatable bonds is 9. The molecule has 3 rings (SSSR count). The Morgan fingerprint density at radius 3 is 2.28 bits per heavy atom. The lowest BCUT2D eigenvalue weighted by Crippen LogP contribution is -3.28. The van der Waals surface area contributed by atoms with Crippen LogP contribution in [0.15, 0.2) is 66.7 Å². The van der Waals surface area contributed by atoms with Gasteiger partial charge in [0.25, 0.3) is 5.91 Å². The standard InChI is InChI=1S/C25H33N3O/c1-22(14-15-24-11-6-3-7-12-24)26-25(29)21-28-19-17-27(18-20-28)16-8-13-23-9-4-2-5-10-23/h2-13,22H,14-21H2,1H3,(H,26,29)/p+2/b13-8+/t22-/m0/s1. The molecule has 154 valence electrons. The van der Waals surface area contributed by atoms with Gasteiger partial charge in [-0.05, 0) is 37.0 Å². The van der Waals surface area contributed by atoms with Crippen LogP contribution in [0.25, 0.3) is 6.08 Å². The summed E-state index contributed by atoms with van der Waals surface area (Å²) in [7, 11) is 0. The number of nitrogens with one attached hydrogen (secondary N) is 3. The number of hydrogen-bond donors (Lipinski definition) is 3. The van der Waals surface area contributed by atoms with Crippen molar-refractivity contribution in [2.75, 3.05) is 39.3 Å². The maximum Gasteiger partial charge on any atom is 0.275 e. The molecule has 0 saturated carbocycles. The van der Waals surface area contributed by atoms with Crippen LogP contribution in [-0.4, -0.2) is 51.2 Å². The van der Waals surface area contributed by atoms with E-state index in [1.165, 1.54) is 16.0 Å². The average Bonchev–Trinajstić information content (AvgIpc) is 2.75. The third kappa shape index (κ3) is 7.84. The van der Waals surface area contributed by atoms with Crippen LogP contribution in [0.2, 0.25) is 0 Å². The quantitative estimate of drug-likeness (QED) is 0.574. The van der Waals surface area contributed by atoms with Gasteiger partial charge >= 0.3 is 0 Å². The van der Waals surface area contributed by atoms with Gasteiger partial charge in [-0.3, -0.25) is 4.79 Å². The summed E-state index contributed by atoms with van der Waals surface area (Å²) >= 11 is 0. The topological polar surface area (TPSA) is 38.0 Å². The van der Waals surface area contributed by atoms with Crippen LogP contribution < -0.4 is 15.1 Å². The smallest absolute Gasteiger partial charge is 0.275 e. The molecule has 3 N–H and O–H groups in total. The lowest BCUT2D eigenvalue weighted by Gasteiger charge is -2.29. The van der Waals surface area contributed by atoms with Gasteiger partial charge in [0.15, 0.2) is 6.54 Å². The summed E-state index contributed by atoms with van der Waals surface area (Å²) in [6.07, 6.45) is 6.47. The van der Waals surface area contributed by atoms with E-state index in [-0.39, 0.29) is 11.9 Å². The van der Waals surface area contributed by atoms with Crippen LogP contribution in [-0.2, 0) is 11.2 Å². The van der Waals surface area contributed by atoms with E-state index in [4.69, 9.17) is 0 Å². The number of aryl methyl sites for hydroxylation is 1. The summed E-state index contributed by atoms with van der Waals surface area (Å²) in [5.74, 6) is 0.188. The van der Waals surface area contributed by atoms with Crippen molar-refractivity contribution in [3.8, 4) is 0 Å². The van der Waals surface area contributed by atoms with Crippen molar-refractivity contribution in [1.82, 2.24) is 5.32 Å². The van der Waals surface area contributed by atoms with Crippen LogP contribution in [0.1, 0.15) is 24.5 Å². The molecule has 1 aliphatic rings. The maximum atomic E-state index is 12.4. The van der Waals surface area contributed by atoms with E-state index in [2.05, 4.69) is 72.9 Å². The molecule has 1 aliphatic heterocycles. The van der Waals surface area contributed by atoms with Gasteiger partial charge in [-0.2, -0.15) is 0 Å². The zero-order valence-electron chi connectivity index (χ0n) is 17.6. The van der Waals surface area contributed by atoms with Crippen LogP contribution in [0.4, 0.5) is 0 Å². The Hall–Kier alpha value is -2.43. The summed E-state index contributed by atoms with van der Waals surface area (Å²) in [4.78, 5) is 15.4. The van der Waals surface area contributed by atoms with Gasteiger partial charge in [0, 0.05) is 6.04 Å². The first-order chi connectivity index (χ1) is 14.2. The van der Waals surface area contributed by atoms with E-state index in [1.807, 2.05) is 12.1 Å². The lowest BCUT2D eigenvalue weighted by molar-refractivity contribution is -1.01. The van der Waals surface area contributed by atoms with Gasteiger partial charge in [-0.15, -0.1) is 0 Å². The number of hydrogen-bond acceptors (Lipinski definition) is 1. The van der Waals surface area contributed by atoms with E-state index < -0.39 is 0 Å². The van der Waals surface area contributed by atoms with Gasteiger partial charge in [-0.25, -0.2) is 0 Å². The highest BCUT2D eigenvalue weighted by atomic mass is 16.2. The van der Waals surface area contributed by atoms with Gasteiger partial charge in [-0.1, -0.05) is 66.7 Å². The highest BCUT2D eigenvalue weighted by Crippen LogP contribution is 2.04. The summed E-state index contributed by atoms with van der Waals surface area (Å²) in [5.41, 5.74) is 2.59. The number of amides is 1. The monoisotopic (exact) mass is 393 g/mol. The van der Waals surface area contributed by atoms with Crippen LogP contribution >= 0.6 is 0 Å². The fourth-order valence-corrected chi connectivity index (χ4v) is 3.92. The normalized spacial score (nSPS) is 20.4. The number of carbonyl (C=O) groups is 1. The van der Waals surface area contributed by atoms with Gasteiger partial charge in [0.1, 0.15) is 26.2 Å². The molecule has 1 heterocycles. The summed E-state index contributed by atoms with van der Waals surface area (Å²) in [6, 6.07) is 21.2. The van der Waals surface area contributed by atoms with E-state index in [1.54, 1.807) is 4.90 Å². The second kappa shape index (κ2) is 11.5. The summed E-state index contributed by atoms with van der Waals surface area (Å²) < 4.78 is 0. The van der Waals surface area contributed by atoms with Crippen molar-refractivity contribution in [2.24, 2.45) is 0 Å². The fraction of sp³-hybridized carbons (Fsp3) is 0.400. The third-order valence-corrected chi connectivity index (χ3v) is 5.71. The molecule has 0 radical (unpaired) electrons. The SMILES string of the molecule is C[C@@H](CCc1ccccc1)NC(=O)C[NH+]1CC[NH+](C/C=C/c2ccccc2)CC1. The summed E-state index contributed by atoms with van der Waals surface area (Å²) in [6.45, 7) is 8.17. The first-order valence-electron chi connectivity index (χ1n) is 10.9. The van der Waals surface area contributed by atoms with E-state index in [9.17, 15) is 4.79 Å². The van der Waals surface area contributed by atoms with Crippen LogP contribution in [0, 0.1) is 0 Å². The zero-order valence-corrected chi connectivity index (χ0v) is 17.6. The highest BCUT2D eigenvalue weighted by molar-refractivity contribution is 5.77. The number of benzene rings is 2. The fourth-order valence-electron chi connectivity index (χ4n) is 3.92. The Bertz CT molecular complexity index is 752. The number of piperazine rings is 1. The van der Waals surface area contributed by atoms with Gasteiger partial charge in [0.05, 0.1) is 6.54 Å². The second-order valence-electron chi connectivity index (χ2n) is 8.19. The third-order valence-electron chi connectivity index (χ3n) is 5.71. The van der Waals surface area contributed by atoms with E-state index in [0.717, 1.165) is 45.6 Å². The Labute approximate surface area is 175 Å². The molecule has 0 spiro atoms. The molecule has 0 bridgehead atoms. The molecule has 0 aromatic heterocycles. The number of quaternary nitrogens is 2. The Balaban J connectivity index is 1.30. The van der Waals surface area contributed by atoms with Crippen molar-refractivity contribution < 1.29 is 14.6 Å². The Kier molecular flexibility index (Phi) is 8.47. The molecule has 2 aromatic rings. The molecule has 1 saturated heterocycles. The zero-order chi connectivity index (χ0) is 20.3. The van der Waals surface area contributed by atoms with Crippen LogP contribution in [0.5, 0.6) is 0 Å². The molecule has 4 heteroatoms.